The van der Waals surface area contributed by atoms with E-state index in [4.69, 9.17) is 9.47 Å². The number of anilines is 1. The lowest BCUT2D eigenvalue weighted by Crippen LogP contribution is -2.48. The fourth-order valence-electron chi connectivity index (χ4n) is 4.79. The van der Waals surface area contributed by atoms with Crippen molar-refractivity contribution < 1.29 is 19.1 Å². The van der Waals surface area contributed by atoms with E-state index in [9.17, 15) is 9.59 Å². The Kier molecular flexibility index (Phi) is 6.56. The van der Waals surface area contributed by atoms with E-state index in [0.717, 1.165) is 36.1 Å². The molecule has 5 rings (SSSR count). The van der Waals surface area contributed by atoms with Crippen molar-refractivity contribution >= 4 is 40.5 Å². The molecule has 0 saturated carbocycles. The number of nitrogens with zero attached hydrogens (tertiary/aromatic N) is 3. The minimum absolute atomic E-state index is 0.0851. The Morgan fingerprint density at radius 1 is 1.09 bits per heavy atom. The molecule has 2 aromatic carbocycles. The average molecular weight is 492 g/mol. The summed E-state index contributed by atoms with van der Waals surface area (Å²) in [4.78, 5) is 34.9. The highest BCUT2D eigenvalue weighted by Gasteiger charge is 2.34. The van der Waals surface area contributed by atoms with Crippen molar-refractivity contribution in [3.8, 4) is 11.5 Å². The van der Waals surface area contributed by atoms with Gasteiger partial charge in [0.25, 0.3) is 5.91 Å². The third-order valence-electron chi connectivity index (χ3n) is 6.63. The maximum absolute atomic E-state index is 13.5. The summed E-state index contributed by atoms with van der Waals surface area (Å²) in [6, 6.07) is 13.7. The SMILES string of the molecule is Cc1ccc(N2C(=O)/C(=C/c3ccc4c(c3)OCO4)N=C2SCC(=O)N2[C@H](C)CCC[C@@H]2C)cc1. The van der Waals surface area contributed by atoms with Crippen LogP contribution in [0.4, 0.5) is 5.69 Å². The zero-order valence-electron chi connectivity index (χ0n) is 20.2. The molecule has 3 aliphatic rings. The number of carbonyl (C=O) groups excluding carboxylic acids is 2. The number of hydrogen-bond donors (Lipinski definition) is 0. The highest BCUT2D eigenvalue weighted by atomic mass is 32.2. The Labute approximate surface area is 209 Å². The van der Waals surface area contributed by atoms with Gasteiger partial charge in [-0.3, -0.25) is 14.5 Å². The van der Waals surface area contributed by atoms with Crippen LogP contribution in [0.15, 0.2) is 53.2 Å². The number of piperidine rings is 1. The molecule has 0 aromatic heterocycles. The summed E-state index contributed by atoms with van der Waals surface area (Å²) in [7, 11) is 0. The summed E-state index contributed by atoms with van der Waals surface area (Å²) >= 11 is 1.31. The van der Waals surface area contributed by atoms with Crippen LogP contribution in [0.5, 0.6) is 11.5 Å². The van der Waals surface area contributed by atoms with Gasteiger partial charge in [-0.05, 0) is 75.9 Å². The molecule has 0 aliphatic carbocycles. The predicted octanol–water partition coefficient (Wildman–Crippen LogP) is 4.99. The summed E-state index contributed by atoms with van der Waals surface area (Å²) in [6.45, 7) is 6.42. The number of amidine groups is 1. The maximum atomic E-state index is 13.5. The number of benzene rings is 2. The van der Waals surface area contributed by atoms with Crippen molar-refractivity contribution in [2.24, 2.45) is 4.99 Å². The molecule has 7 nitrogen and oxygen atoms in total. The number of ether oxygens (including phenoxy) is 2. The van der Waals surface area contributed by atoms with Crippen molar-refractivity contribution in [2.75, 3.05) is 17.4 Å². The first-order chi connectivity index (χ1) is 16.9. The van der Waals surface area contributed by atoms with Crippen LogP contribution in [0.3, 0.4) is 0 Å². The van der Waals surface area contributed by atoms with Gasteiger partial charge in [0.05, 0.1) is 11.4 Å². The van der Waals surface area contributed by atoms with Crippen LogP contribution in [-0.4, -0.2) is 46.5 Å². The number of aliphatic imine (C=N–C) groups is 1. The van der Waals surface area contributed by atoms with Crippen molar-refractivity contribution in [3.63, 3.8) is 0 Å². The third kappa shape index (κ3) is 4.80. The Morgan fingerprint density at radius 3 is 2.54 bits per heavy atom. The molecule has 1 saturated heterocycles. The molecule has 0 unspecified atom stereocenters. The molecule has 0 N–H and O–H groups in total. The van der Waals surface area contributed by atoms with Crippen molar-refractivity contribution in [2.45, 2.75) is 52.1 Å². The van der Waals surface area contributed by atoms with Gasteiger partial charge in [0.2, 0.25) is 12.7 Å². The zero-order valence-corrected chi connectivity index (χ0v) is 21.0. The molecule has 2 atom stereocenters. The molecule has 0 bridgehead atoms. The summed E-state index contributed by atoms with van der Waals surface area (Å²) in [5.74, 6) is 1.43. The summed E-state index contributed by atoms with van der Waals surface area (Å²) in [5.41, 5.74) is 2.95. The van der Waals surface area contributed by atoms with Gasteiger partial charge >= 0.3 is 0 Å². The second-order valence-electron chi connectivity index (χ2n) is 9.23. The highest BCUT2D eigenvalue weighted by molar-refractivity contribution is 8.14. The summed E-state index contributed by atoms with van der Waals surface area (Å²) in [5, 5.41) is 0.511. The number of likely N-dealkylation sites (tertiary alicyclic amines) is 1. The maximum Gasteiger partial charge on any atom is 0.283 e. The number of amides is 2. The molecule has 8 heteroatoms. The van der Waals surface area contributed by atoms with E-state index < -0.39 is 0 Å². The smallest absolute Gasteiger partial charge is 0.283 e. The molecule has 3 aliphatic heterocycles. The van der Waals surface area contributed by atoms with Crippen molar-refractivity contribution in [3.05, 3.63) is 59.3 Å². The van der Waals surface area contributed by atoms with E-state index in [0.29, 0.717) is 22.4 Å². The number of rotatable bonds is 4. The van der Waals surface area contributed by atoms with Gasteiger partial charge in [-0.25, -0.2) is 4.99 Å². The van der Waals surface area contributed by atoms with Gasteiger partial charge in [-0.2, -0.15) is 0 Å². The van der Waals surface area contributed by atoms with Crippen molar-refractivity contribution in [1.29, 1.82) is 0 Å². The number of hydrogen-bond acceptors (Lipinski definition) is 6. The quantitative estimate of drug-likeness (QED) is 0.564. The van der Waals surface area contributed by atoms with Crippen LogP contribution in [0.2, 0.25) is 0 Å². The Bertz CT molecular complexity index is 1200. The van der Waals surface area contributed by atoms with Gasteiger partial charge in [-0.15, -0.1) is 0 Å². The van der Waals surface area contributed by atoms with E-state index >= 15 is 0 Å². The van der Waals surface area contributed by atoms with Crippen LogP contribution < -0.4 is 14.4 Å². The van der Waals surface area contributed by atoms with Gasteiger partial charge in [0.15, 0.2) is 16.7 Å². The monoisotopic (exact) mass is 491 g/mol. The molecular weight excluding hydrogens is 462 g/mol. The van der Waals surface area contributed by atoms with E-state index in [1.54, 1.807) is 11.0 Å². The minimum atomic E-state index is -0.221. The van der Waals surface area contributed by atoms with Gasteiger partial charge < -0.3 is 14.4 Å². The lowest BCUT2D eigenvalue weighted by molar-refractivity contribution is -0.134. The van der Waals surface area contributed by atoms with Crippen LogP contribution in [0.25, 0.3) is 6.08 Å². The zero-order chi connectivity index (χ0) is 24.5. The normalized spacial score (nSPS) is 22.7. The van der Waals surface area contributed by atoms with Gasteiger partial charge in [-0.1, -0.05) is 35.5 Å². The van der Waals surface area contributed by atoms with E-state index in [1.165, 1.54) is 11.8 Å². The lowest BCUT2D eigenvalue weighted by Gasteiger charge is -2.39. The Morgan fingerprint density at radius 2 is 1.80 bits per heavy atom. The summed E-state index contributed by atoms with van der Waals surface area (Å²) < 4.78 is 10.8. The predicted molar refractivity (Wildman–Crippen MR) is 139 cm³/mol. The fourth-order valence-corrected chi connectivity index (χ4v) is 5.67. The first kappa shape index (κ1) is 23.5. The standard InChI is InChI=1S/C27H29N3O4S/c1-17-7-10-21(11-8-17)30-26(32)22(13-20-9-12-23-24(14-20)34-16-33-23)28-27(30)35-15-25(31)29-18(2)5-4-6-19(29)3/h7-14,18-19H,4-6,15-16H2,1-3H3/b22-13-/t18-,19+. The first-order valence-corrected chi connectivity index (χ1v) is 12.9. The van der Waals surface area contributed by atoms with Gasteiger partial charge in [0.1, 0.15) is 5.70 Å². The second kappa shape index (κ2) is 9.77. The van der Waals surface area contributed by atoms with Crippen LogP contribution in [0.1, 0.15) is 44.2 Å². The summed E-state index contributed by atoms with van der Waals surface area (Å²) in [6.07, 6.45) is 4.95. The van der Waals surface area contributed by atoms with E-state index in [-0.39, 0.29) is 36.4 Å². The second-order valence-corrected chi connectivity index (χ2v) is 10.2. The van der Waals surface area contributed by atoms with Gasteiger partial charge in [0, 0.05) is 12.1 Å². The molecule has 35 heavy (non-hydrogen) atoms. The molecule has 3 heterocycles. The number of carbonyl (C=O) groups is 2. The van der Waals surface area contributed by atoms with E-state index in [2.05, 4.69) is 18.8 Å². The number of fused-ring (bicyclic) bond motifs is 1. The molecule has 182 valence electrons. The molecule has 2 aromatic rings. The largest absolute Gasteiger partial charge is 0.454 e. The highest BCUT2D eigenvalue weighted by Crippen LogP contribution is 2.35. The lowest BCUT2D eigenvalue weighted by atomic mass is 9.98. The Hall–Kier alpha value is -3.26. The molecule has 0 spiro atoms. The van der Waals surface area contributed by atoms with Crippen LogP contribution in [0, 0.1) is 6.92 Å². The van der Waals surface area contributed by atoms with Crippen LogP contribution in [-0.2, 0) is 9.59 Å². The third-order valence-corrected chi connectivity index (χ3v) is 7.55. The molecule has 1 fully saturated rings. The fraction of sp³-hybridized carbons (Fsp3) is 0.370. The van der Waals surface area contributed by atoms with Crippen LogP contribution >= 0.6 is 11.8 Å². The molecular formula is C27H29N3O4S. The van der Waals surface area contributed by atoms with E-state index in [1.807, 2.05) is 54.3 Å². The molecule has 2 amide bonds. The molecule has 0 radical (unpaired) electrons. The first-order valence-electron chi connectivity index (χ1n) is 12.0. The number of aryl methyl sites for hydroxylation is 1. The topological polar surface area (TPSA) is 71.4 Å². The average Bonchev–Trinajstić information content (AvgIpc) is 3.42. The minimum Gasteiger partial charge on any atom is -0.454 e. The van der Waals surface area contributed by atoms with Crippen molar-refractivity contribution in [1.82, 2.24) is 4.90 Å². The number of thioether (sulfide) groups is 1. The Balaban J connectivity index is 1.41.